The monoisotopic (exact) mass is 287 g/mol. The summed E-state index contributed by atoms with van der Waals surface area (Å²) in [5, 5.41) is 7.99. The van der Waals surface area contributed by atoms with E-state index in [1.807, 2.05) is 0 Å². The zero-order valence-corrected chi connectivity index (χ0v) is 14.5. The van der Waals surface area contributed by atoms with Gasteiger partial charge in [-0.2, -0.15) is 0 Å². The molecule has 0 aliphatic carbocycles. The van der Waals surface area contributed by atoms with Crippen LogP contribution < -0.4 is 5.73 Å². The van der Waals surface area contributed by atoms with Crippen LogP contribution in [0.5, 0.6) is 0 Å². The van der Waals surface area contributed by atoms with E-state index >= 15 is 0 Å². The molecule has 0 saturated carbocycles. The smallest absolute Gasteiger partial charge is 0.305 e. The average molecular weight is 287 g/mol. The molecule has 0 saturated heterocycles. The molecule has 122 valence electrons. The summed E-state index contributed by atoms with van der Waals surface area (Å²) in [7, 11) is 0. The Bertz CT molecular complexity index is 232. The molecular formula is C17H37NO2. The van der Waals surface area contributed by atoms with Crippen LogP contribution in [-0.2, 0) is 4.79 Å². The Morgan fingerprint density at radius 3 is 1.80 bits per heavy atom. The van der Waals surface area contributed by atoms with Crippen molar-refractivity contribution in [2.45, 2.75) is 92.0 Å². The van der Waals surface area contributed by atoms with E-state index in [2.05, 4.69) is 27.7 Å². The Kier molecular flexibility index (Phi) is 13.2. The molecule has 0 spiro atoms. The summed E-state index contributed by atoms with van der Waals surface area (Å²) in [6, 6.07) is 0. The lowest BCUT2D eigenvalue weighted by molar-refractivity contribution is -0.140. The minimum Gasteiger partial charge on any atom is -0.481 e. The van der Waals surface area contributed by atoms with E-state index < -0.39 is 5.97 Å². The fourth-order valence-electron chi connectivity index (χ4n) is 1.60. The van der Waals surface area contributed by atoms with Crippen LogP contribution in [0.3, 0.4) is 0 Å². The number of carbonyl (C=O) groups is 1. The topological polar surface area (TPSA) is 63.3 Å². The molecule has 3 nitrogen and oxygen atoms in total. The number of hydrogen-bond donors (Lipinski definition) is 2. The highest BCUT2D eigenvalue weighted by atomic mass is 16.4. The summed E-state index contributed by atoms with van der Waals surface area (Å²) in [5.74, 6) is -0.325. The number of hydrogen-bond acceptors (Lipinski definition) is 2. The highest BCUT2D eigenvalue weighted by Gasteiger charge is 2.19. The maximum absolute atomic E-state index is 9.70. The Hall–Kier alpha value is -0.570. The Morgan fingerprint density at radius 2 is 1.45 bits per heavy atom. The molecule has 0 aromatic heterocycles. The van der Waals surface area contributed by atoms with E-state index in [0.717, 1.165) is 0 Å². The van der Waals surface area contributed by atoms with E-state index in [-0.39, 0.29) is 11.5 Å². The molecular weight excluding hydrogens is 250 g/mol. The molecule has 0 amide bonds. The zero-order valence-electron chi connectivity index (χ0n) is 14.5. The van der Waals surface area contributed by atoms with Crippen molar-refractivity contribution in [3.63, 3.8) is 0 Å². The quantitative estimate of drug-likeness (QED) is 0.596. The second-order valence-electron chi connectivity index (χ2n) is 6.77. The van der Waals surface area contributed by atoms with Crippen LogP contribution in [0.4, 0.5) is 0 Å². The lowest BCUT2D eigenvalue weighted by Crippen LogP contribution is -2.39. The summed E-state index contributed by atoms with van der Waals surface area (Å²) in [5.41, 5.74) is 6.04. The van der Waals surface area contributed by atoms with Gasteiger partial charge in [0.15, 0.2) is 0 Å². The number of carboxylic acid groups (broad SMARTS) is 1. The van der Waals surface area contributed by atoms with Crippen LogP contribution in [0.25, 0.3) is 0 Å². The highest BCUT2D eigenvalue weighted by molar-refractivity contribution is 5.68. The van der Waals surface area contributed by atoms with Gasteiger partial charge < -0.3 is 10.8 Å². The molecule has 0 aromatic rings. The summed E-state index contributed by atoms with van der Waals surface area (Å²) in [4.78, 5) is 9.70. The van der Waals surface area contributed by atoms with Gasteiger partial charge in [-0.15, -0.1) is 0 Å². The minimum atomic E-state index is -0.741. The van der Waals surface area contributed by atoms with Crippen molar-refractivity contribution in [3.8, 4) is 0 Å². The van der Waals surface area contributed by atoms with Crippen LogP contribution in [0.1, 0.15) is 86.5 Å². The van der Waals surface area contributed by atoms with Crippen molar-refractivity contribution in [1.82, 2.24) is 0 Å². The summed E-state index contributed by atoms with van der Waals surface area (Å²) >= 11 is 0. The van der Waals surface area contributed by atoms with Crippen molar-refractivity contribution in [2.75, 3.05) is 0 Å². The van der Waals surface area contributed by atoms with Crippen molar-refractivity contribution < 1.29 is 9.90 Å². The van der Waals surface area contributed by atoms with E-state index in [0.29, 0.717) is 5.92 Å². The number of aliphatic carboxylic acids is 1. The molecule has 0 bridgehead atoms. The number of unbranched alkanes of at least 4 members (excludes halogenated alkanes) is 5. The molecule has 3 heteroatoms. The van der Waals surface area contributed by atoms with Crippen molar-refractivity contribution in [2.24, 2.45) is 17.6 Å². The van der Waals surface area contributed by atoms with E-state index in [4.69, 9.17) is 10.8 Å². The van der Waals surface area contributed by atoms with Gasteiger partial charge in [-0.25, -0.2) is 0 Å². The van der Waals surface area contributed by atoms with Gasteiger partial charge in [0.05, 0.1) is 5.92 Å². The third kappa shape index (κ3) is 15.5. The Balaban J connectivity index is 0. The number of nitrogens with two attached hydrogens (primary N) is 1. The standard InChI is InChI=1S/C13H29N.C4H8O2/c1-5-6-7-8-9-10-11-12(2)13(3,4)14;1-3(2)4(5)6/h12H,5-11,14H2,1-4H3;3H,1-2H3,(H,5,6). The molecule has 20 heavy (non-hydrogen) atoms. The highest BCUT2D eigenvalue weighted by Crippen LogP contribution is 2.20. The predicted octanol–water partition coefficient (Wildman–Crippen LogP) is 4.84. The van der Waals surface area contributed by atoms with E-state index in [9.17, 15) is 4.79 Å². The predicted molar refractivity (Wildman–Crippen MR) is 87.9 cm³/mol. The van der Waals surface area contributed by atoms with E-state index in [1.165, 1.54) is 44.9 Å². The zero-order chi connectivity index (χ0) is 16.2. The molecule has 0 heterocycles. The summed E-state index contributed by atoms with van der Waals surface area (Å²) in [6.07, 6.45) is 9.59. The van der Waals surface area contributed by atoms with Crippen molar-refractivity contribution in [3.05, 3.63) is 0 Å². The van der Waals surface area contributed by atoms with Crippen molar-refractivity contribution >= 4 is 5.97 Å². The molecule has 0 aliphatic rings. The maximum atomic E-state index is 9.70. The SMILES string of the molecule is CC(C)C(=O)O.CCCCCCCCC(C)C(C)(C)N. The van der Waals surface area contributed by atoms with Crippen LogP contribution in [0.2, 0.25) is 0 Å². The van der Waals surface area contributed by atoms with Crippen LogP contribution in [0.15, 0.2) is 0 Å². The van der Waals surface area contributed by atoms with Crippen LogP contribution in [0, 0.1) is 11.8 Å². The third-order valence-electron chi connectivity index (χ3n) is 3.75. The molecule has 1 atom stereocenters. The minimum absolute atomic E-state index is 0.00339. The van der Waals surface area contributed by atoms with Crippen molar-refractivity contribution in [1.29, 1.82) is 0 Å². The van der Waals surface area contributed by atoms with Gasteiger partial charge in [-0.1, -0.05) is 66.2 Å². The fraction of sp³-hybridized carbons (Fsp3) is 0.941. The first kappa shape index (κ1) is 21.7. The van der Waals surface area contributed by atoms with Crippen LogP contribution in [-0.4, -0.2) is 16.6 Å². The van der Waals surface area contributed by atoms with E-state index in [1.54, 1.807) is 13.8 Å². The lowest BCUT2D eigenvalue weighted by atomic mass is 9.86. The molecule has 0 aromatic carbocycles. The second kappa shape index (κ2) is 12.2. The number of carboxylic acids is 1. The molecule has 0 fully saturated rings. The normalized spacial score (nSPS) is 12.8. The van der Waals surface area contributed by atoms with Gasteiger partial charge >= 0.3 is 5.97 Å². The lowest BCUT2D eigenvalue weighted by Gasteiger charge is -2.27. The Morgan fingerprint density at radius 1 is 1.05 bits per heavy atom. The average Bonchev–Trinajstić information content (AvgIpc) is 2.32. The summed E-state index contributed by atoms with van der Waals surface area (Å²) < 4.78 is 0. The second-order valence-corrected chi connectivity index (χ2v) is 6.77. The molecule has 0 aliphatic heterocycles. The van der Waals surface area contributed by atoms with Gasteiger partial charge in [-0.3, -0.25) is 4.79 Å². The van der Waals surface area contributed by atoms with Gasteiger partial charge in [0.25, 0.3) is 0 Å². The molecule has 3 N–H and O–H groups in total. The van der Waals surface area contributed by atoms with Gasteiger partial charge in [-0.05, 0) is 26.2 Å². The molecule has 0 radical (unpaired) electrons. The Labute approximate surface area is 126 Å². The maximum Gasteiger partial charge on any atom is 0.305 e. The van der Waals surface area contributed by atoms with Gasteiger partial charge in [0, 0.05) is 5.54 Å². The molecule has 0 rings (SSSR count). The van der Waals surface area contributed by atoms with Crippen LogP contribution >= 0.6 is 0 Å². The summed E-state index contributed by atoms with van der Waals surface area (Å²) in [6.45, 7) is 12.1. The number of rotatable bonds is 9. The largest absolute Gasteiger partial charge is 0.481 e. The third-order valence-corrected chi connectivity index (χ3v) is 3.75. The molecule has 1 unspecified atom stereocenters. The first-order chi connectivity index (χ1) is 9.12. The first-order valence-corrected chi connectivity index (χ1v) is 8.14. The fourth-order valence-corrected chi connectivity index (χ4v) is 1.60. The van der Waals surface area contributed by atoms with Gasteiger partial charge in [0.2, 0.25) is 0 Å². The first-order valence-electron chi connectivity index (χ1n) is 8.14. The van der Waals surface area contributed by atoms with Gasteiger partial charge in [0.1, 0.15) is 0 Å².